The van der Waals surface area contributed by atoms with Crippen molar-refractivity contribution >= 4 is 16.2 Å². The first kappa shape index (κ1) is 17.4. The molecule has 0 spiro atoms. The topological polar surface area (TPSA) is 86.7 Å². The van der Waals surface area contributed by atoms with Gasteiger partial charge in [-0.2, -0.15) is 12.7 Å². The molecule has 118 valence electrons. The van der Waals surface area contributed by atoms with Gasteiger partial charge in [-0.05, 0) is 31.6 Å². The van der Waals surface area contributed by atoms with Crippen LogP contribution in [0.2, 0.25) is 0 Å². The number of hydrogen-bond donors (Lipinski definition) is 2. The largest absolute Gasteiger partial charge is 0.480 e. The van der Waals surface area contributed by atoms with Crippen molar-refractivity contribution in [1.29, 1.82) is 0 Å². The summed E-state index contributed by atoms with van der Waals surface area (Å²) in [5, 5.41) is 9.11. The van der Waals surface area contributed by atoms with Crippen molar-refractivity contribution in [2.24, 2.45) is 5.92 Å². The minimum absolute atomic E-state index is 0.290. The number of carboxylic acid groups (broad SMARTS) is 1. The summed E-state index contributed by atoms with van der Waals surface area (Å²) in [5.41, 5.74) is 0. The molecule has 0 saturated carbocycles. The van der Waals surface area contributed by atoms with Gasteiger partial charge in [0.05, 0.1) is 0 Å². The van der Waals surface area contributed by atoms with E-state index < -0.39 is 22.2 Å². The highest BCUT2D eigenvalue weighted by Crippen LogP contribution is 2.20. The molecule has 1 fully saturated rings. The summed E-state index contributed by atoms with van der Waals surface area (Å²) >= 11 is 0. The van der Waals surface area contributed by atoms with Crippen LogP contribution in [0.15, 0.2) is 0 Å². The van der Waals surface area contributed by atoms with Crippen LogP contribution in [-0.4, -0.2) is 42.9 Å². The Morgan fingerprint density at radius 3 is 2.65 bits per heavy atom. The van der Waals surface area contributed by atoms with E-state index in [9.17, 15) is 13.2 Å². The summed E-state index contributed by atoms with van der Waals surface area (Å²) in [6, 6.07) is -0.920. The SMILES string of the molecule is CC(C)CCCCNS(=O)(=O)N1CCCCC1C(=O)O. The molecule has 0 radical (unpaired) electrons. The summed E-state index contributed by atoms with van der Waals surface area (Å²) in [5.74, 6) is -0.444. The van der Waals surface area contributed by atoms with Crippen molar-refractivity contribution in [2.75, 3.05) is 13.1 Å². The van der Waals surface area contributed by atoms with Crippen LogP contribution in [0.3, 0.4) is 0 Å². The fraction of sp³-hybridized carbons (Fsp3) is 0.923. The standard InChI is InChI=1S/C13H26N2O4S/c1-11(2)7-3-5-9-14-20(18,19)15-10-6-4-8-12(15)13(16)17/h11-12,14H,3-10H2,1-2H3,(H,16,17). The minimum Gasteiger partial charge on any atom is -0.480 e. The predicted octanol–water partition coefficient (Wildman–Crippen LogP) is 1.59. The average Bonchev–Trinajstić information content (AvgIpc) is 2.37. The molecule has 1 aliphatic heterocycles. The highest BCUT2D eigenvalue weighted by Gasteiger charge is 2.36. The molecule has 1 rings (SSSR count). The molecule has 0 aromatic rings. The van der Waals surface area contributed by atoms with Gasteiger partial charge >= 0.3 is 5.97 Å². The third-order valence-corrected chi connectivity index (χ3v) is 5.16. The van der Waals surface area contributed by atoms with Gasteiger partial charge in [-0.1, -0.05) is 26.7 Å². The number of carbonyl (C=O) groups is 1. The summed E-state index contributed by atoms with van der Waals surface area (Å²) in [4.78, 5) is 11.1. The van der Waals surface area contributed by atoms with Crippen LogP contribution < -0.4 is 4.72 Å². The molecule has 1 aliphatic rings. The molecular formula is C13H26N2O4S. The number of carboxylic acids is 1. The Kier molecular flexibility index (Phi) is 6.91. The van der Waals surface area contributed by atoms with Crippen molar-refractivity contribution in [3.63, 3.8) is 0 Å². The van der Waals surface area contributed by atoms with E-state index in [1.807, 2.05) is 0 Å². The van der Waals surface area contributed by atoms with E-state index in [0.29, 0.717) is 18.9 Å². The maximum absolute atomic E-state index is 12.1. The molecule has 1 heterocycles. The van der Waals surface area contributed by atoms with Crippen molar-refractivity contribution in [3.8, 4) is 0 Å². The highest BCUT2D eigenvalue weighted by molar-refractivity contribution is 7.87. The summed E-state index contributed by atoms with van der Waals surface area (Å²) in [6.45, 7) is 4.93. The van der Waals surface area contributed by atoms with Gasteiger partial charge in [-0.25, -0.2) is 4.72 Å². The molecule has 7 heteroatoms. The maximum Gasteiger partial charge on any atom is 0.322 e. The van der Waals surface area contributed by atoms with E-state index in [0.717, 1.165) is 36.4 Å². The van der Waals surface area contributed by atoms with E-state index in [1.165, 1.54) is 0 Å². The monoisotopic (exact) mass is 306 g/mol. The second-order valence-electron chi connectivity index (χ2n) is 5.75. The number of piperidine rings is 1. The molecule has 6 nitrogen and oxygen atoms in total. The predicted molar refractivity (Wildman–Crippen MR) is 77.6 cm³/mol. The Morgan fingerprint density at radius 2 is 2.05 bits per heavy atom. The lowest BCUT2D eigenvalue weighted by Crippen LogP contribution is -2.52. The zero-order valence-corrected chi connectivity index (χ0v) is 13.2. The quantitative estimate of drug-likeness (QED) is 0.667. The molecule has 1 atom stereocenters. The van der Waals surface area contributed by atoms with Crippen LogP contribution in [0, 0.1) is 5.92 Å². The third kappa shape index (κ3) is 5.38. The lowest BCUT2D eigenvalue weighted by Gasteiger charge is -2.31. The van der Waals surface area contributed by atoms with Crippen LogP contribution in [0.5, 0.6) is 0 Å². The highest BCUT2D eigenvalue weighted by atomic mass is 32.2. The van der Waals surface area contributed by atoms with Gasteiger partial charge in [0.2, 0.25) is 0 Å². The summed E-state index contributed by atoms with van der Waals surface area (Å²) in [6.07, 6.45) is 4.70. The molecule has 0 bridgehead atoms. The lowest BCUT2D eigenvalue weighted by molar-refractivity contribution is -0.142. The number of aliphatic carboxylic acids is 1. The van der Waals surface area contributed by atoms with Gasteiger partial charge in [-0.15, -0.1) is 0 Å². The van der Waals surface area contributed by atoms with Gasteiger partial charge in [-0.3, -0.25) is 4.79 Å². The molecule has 0 aromatic heterocycles. The van der Waals surface area contributed by atoms with Crippen molar-refractivity contribution in [1.82, 2.24) is 9.03 Å². The minimum atomic E-state index is -3.68. The Hall–Kier alpha value is -0.660. The van der Waals surface area contributed by atoms with E-state index in [4.69, 9.17) is 5.11 Å². The molecule has 0 amide bonds. The van der Waals surface area contributed by atoms with Crippen LogP contribution in [-0.2, 0) is 15.0 Å². The molecule has 20 heavy (non-hydrogen) atoms. The maximum atomic E-state index is 12.1. The lowest BCUT2D eigenvalue weighted by atomic mass is 10.1. The van der Waals surface area contributed by atoms with Gasteiger partial charge in [0.25, 0.3) is 10.2 Å². The Morgan fingerprint density at radius 1 is 1.35 bits per heavy atom. The van der Waals surface area contributed by atoms with E-state index in [1.54, 1.807) is 0 Å². The zero-order valence-electron chi connectivity index (χ0n) is 12.3. The smallest absolute Gasteiger partial charge is 0.322 e. The van der Waals surface area contributed by atoms with E-state index >= 15 is 0 Å². The number of nitrogens with zero attached hydrogens (tertiary/aromatic N) is 1. The first-order valence-corrected chi connectivity index (χ1v) is 8.78. The van der Waals surface area contributed by atoms with Crippen LogP contribution in [0.1, 0.15) is 52.4 Å². The van der Waals surface area contributed by atoms with Gasteiger partial charge < -0.3 is 5.11 Å². The normalized spacial score (nSPS) is 21.2. The number of rotatable bonds is 8. The Balaban J connectivity index is 2.47. The second-order valence-corrected chi connectivity index (χ2v) is 7.46. The van der Waals surface area contributed by atoms with E-state index in [2.05, 4.69) is 18.6 Å². The van der Waals surface area contributed by atoms with Gasteiger partial charge in [0.1, 0.15) is 6.04 Å². The van der Waals surface area contributed by atoms with Crippen LogP contribution in [0.4, 0.5) is 0 Å². The zero-order chi connectivity index (χ0) is 15.2. The number of hydrogen-bond acceptors (Lipinski definition) is 3. The molecular weight excluding hydrogens is 280 g/mol. The first-order chi connectivity index (χ1) is 9.34. The Bertz CT molecular complexity index is 409. The molecule has 1 saturated heterocycles. The summed E-state index contributed by atoms with van der Waals surface area (Å²) < 4.78 is 27.9. The summed E-state index contributed by atoms with van der Waals surface area (Å²) in [7, 11) is -3.68. The van der Waals surface area contributed by atoms with Crippen molar-refractivity contribution < 1.29 is 18.3 Å². The van der Waals surface area contributed by atoms with Gasteiger partial charge in [0, 0.05) is 13.1 Å². The number of unbranched alkanes of at least 4 members (excludes halogenated alkanes) is 1. The fourth-order valence-electron chi connectivity index (χ4n) is 2.40. The van der Waals surface area contributed by atoms with Gasteiger partial charge in [0.15, 0.2) is 0 Å². The average molecular weight is 306 g/mol. The van der Waals surface area contributed by atoms with Crippen LogP contribution in [0.25, 0.3) is 0 Å². The molecule has 0 aliphatic carbocycles. The van der Waals surface area contributed by atoms with Crippen molar-refractivity contribution in [3.05, 3.63) is 0 Å². The third-order valence-electron chi connectivity index (χ3n) is 3.54. The van der Waals surface area contributed by atoms with Crippen molar-refractivity contribution in [2.45, 2.75) is 58.4 Å². The first-order valence-electron chi connectivity index (χ1n) is 7.34. The number of nitrogens with one attached hydrogen (secondary N) is 1. The van der Waals surface area contributed by atoms with E-state index in [-0.39, 0.29) is 6.54 Å². The fourth-order valence-corrected chi connectivity index (χ4v) is 3.87. The molecule has 1 unspecified atom stereocenters. The second kappa shape index (κ2) is 7.95. The van der Waals surface area contributed by atoms with Crippen LogP contribution >= 0.6 is 0 Å². The molecule has 0 aromatic carbocycles. The Labute approximate surface area is 121 Å². The molecule has 2 N–H and O–H groups in total.